The summed E-state index contributed by atoms with van der Waals surface area (Å²) in [5, 5.41) is 5.16. The predicted octanol–water partition coefficient (Wildman–Crippen LogP) is 4.78. The van der Waals surface area contributed by atoms with Gasteiger partial charge in [-0.15, -0.1) is 22.7 Å². The number of rotatable bonds is 2. The molecule has 0 atom stereocenters. The molecule has 0 radical (unpaired) electrons. The summed E-state index contributed by atoms with van der Waals surface area (Å²) < 4.78 is 0. The standard InChI is InChI=1S/2C9H8N2S/c2*10-9-11-8(6-12-9)7-4-2-1-3-5-7/h2*1-6H,(H2,10,11). The minimum absolute atomic E-state index is 0.619. The van der Waals surface area contributed by atoms with Crippen LogP contribution in [0.15, 0.2) is 71.4 Å². The highest BCUT2D eigenvalue weighted by Gasteiger charge is 2.00. The first-order chi connectivity index (χ1) is 11.7. The molecule has 6 heteroatoms. The number of thiazole rings is 2. The minimum Gasteiger partial charge on any atom is -0.375 e. The van der Waals surface area contributed by atoms with Gasteiger partial charge in [-0.1, -0.05) is 60.7 Å². The highest BCUT2D eigenvalue weighted by molar-refractivity contribution is 7.14. The van der Waals surface area contributed by atoms with Gasteiger partial charge in [0.1, 0.15) is 0 Å². The SMILES string of the molecule is Nc1nc(-c2ccccc2)cs1.Nc1nc(-c2ccccc2)cs1. The van der Waals surface area contributed by atoms with Gasteiger partial charge in [0, 0.05) is 21.9 Å². The van der Waals surface area contributed by atoms with E-state index in [2.05, 4.69) is 9.97 Å². The molecule has 0 bridgehead atoms. The summed E-state index contributed by atoms with van der Waals surface area (Å²) in [6, 6.07) is 20.0. The summed E-state index contributed by atoms with van der Waals surface area (Å²) in [7, 11) is 0. The molecule has 0 spiro atoms. The lowest BCUT2D eigenvalue weighted by Crippen LogP contribution is -1.82. The number of anilines is 2. The third-order valence-corrected chi connectivity index (χ3v) is 4.53. The van der Waals surface area contributed by atoms with Crippen LogP contribution in [0, 0.1) is 0 Å². The van der Waals surface area contributed by atoms with Crippen LogP contribution in [0.25, 0.3) is 22.5 Å². The second kappa shape index (κ2) is 7.72. The van der Waals surface area contributed by atoms with E-state index in [4.69, 9.17) is 11.5 Å². The molecule has 2 heterocycles. The van der Waals surface area contributed by atoms with Gasteiger partial charge in [-0.25, -0.2) is 9.97 Å². The fourth-order valence-corrected chi connectivity index (χ4v) is 3.20. The number of nitrogens with two attached hydrogens (primary N) is 2. The lowest BCUT2D eigenvalue weighted by Gasteiger charge is -1.92. The molecule has 24 heavy (non-hydrogen) atoms. The number of hydrogen-bond acceptors (Lipinski definition) is 6. The van der Waals surface area contributed by atoms with Gasteiger partial charge in [0.2, 0.25) is 0 Å². The van der Waals surface area contributed by atoms with Crippen molar-refractivity contribution < 1.29 is 0 Å². The van der Waals surface area contributed by atoms with Crippen LogP contribution in [0.1, 0.15) is 0 Å². The van der Waals surface area contributed by atoms with E-state index in [1.54, 1.807) is 0 Å². The summed E-state index contributed by atoms with van der Waals surface area (Å²) in [6.07, 6.45) is 0. The first-order valence-electron chi connectivity index (χ1n) is 7.25. The molecule has 4 N–H and O–H groups in total. The molecule has 0 unspecified atom stereocenters. The van der Waals surface area contributed by atoms with Gasteiger partial charge in [-0.2, -0.15) is 0 Å². The summed E-state index contributed by atoms with van der Waals surface area (Å²) in [5.41, 5.74) is 15.2. The van der Waals surface area contributed by atoms with Gasteiger partial charge in [0.15, 0.2) is 10.3 Å². The van der Waals surface area contributed by atoms with E-state index in [0.29, 0.717) is 10.3 Å². The molecule has 0 saturated carbocycles. The Morgan fingerprint density at radius 1 is 0.583 bits per heavy atom. The van der Waals surface area contributed by atoms with Crippen LogP contribution in [0.2, 0.25) is 0 Å². The Balaban J connectivity index is 0.000000141. The second-order valence-corrected chi connectivity index (χ2v) is 6.65. The Morgan fingerprint density at radius 3 is 1.25 bits per heavy atom. The molecule has 2 aromatic carbocycles. The topological polar surface area (TPSA) is 77.8 Å². The number of aromatic nitrogens is 2. The number of nitrogens with zero attached hydrogens (tertiary/aromatic N) is 2. The average Bonchev–Trinajstić information content (AvgIpc) is 3.26. The van der Waals surface area contributed by atoms with Crippen LogP contribution < -0.4 is 11.5 Å². The first kappa shape index (κ1) is 16.2. The Labute approximate surface area is 148 Å². The van der Waals surface area contributed by atoms with Crippen LogP contribution in [0.3, 0.4) is 0 Å². The average molecular weight is 352 g/mol. The maximum absolute atomic E-state index is 5.52. The van der Waals surface area contributed by atoms with Crippen LogP contribution >= 0.6 is 22.7 Å². The van der Waals surface area contributed by atoms with Crippen molar-refractivity contribution >= 4 is 32.9 Å². The zero-order valence-corrected chi connectivity index (χ0v) is 14.4. The van der Waals surface area contributed by atoms with Crippen LogP contribution in [0.4, 0.5) is 10.3 Å². The van der Waals surface area contributed by atoms with Crippen molar-refractivity contribution in [2.75, 3.05) is 11.5 Å². The second-order valence-electron chi connectivity index (χ2n) is 4.87. The van der Waals surface area contributed by atoms with E-state index in [-0.39, 0.29) is 0 Å². The molecule has 0 aliphatic rings. The van der Waals surface area contributed by atoms with Crippen molar-refractivity contribution in [3.8, 4) is 22.5 Å². The van der Waals surface area contributed by atoms with E-state index >= 15 is 0 Å². The van der Waals surface area contributed by atoms with Gasteiger partial charge in [-0.05, 0) is 0 Å². The Kier molecular flexibility index (Phi) is 5.20. The highest BCUT2D eigenvalue weighted by atomic mass is 32.1. The zero-order valence-electron chi connectivity index (χ0n) is 12.8. The Hall–Kier alpha value is -2.70. The van der Waals surface area contributed by atoms with Crippen LogP contribution in [-0.4, -0.2) is 9.97 Å². The molecule has 0 fully saturated rings. The molecule has 4 aromatic rings. The molecular formula is C18H16N4S2. The minimum atomic E-state index is 0.619. The zero-order chi connectivity index (χ0) is 16.8. The van der Waals surface area contributed by atoms with Crippen LogP contribution in [-0.2, 0) is 0 Å². The van der Waals surface area contributed by atoms with E-state index in [0.717, 1.165) is 22.5 Å². The quantitative estimate of drug-likeness (QED) is 0.544. The predicted molar refractivity (Wildman–Crippen MR) is 104 cm³/mol. The van der Waals surface area contributed by atoms with Crippen molar-refractivity contribution in [1.82, 2.24) is 9.97 Å². The van der Waals surface area contributed by atoms with Gasteiger partial charge < -0.3 is 11.5 Å². The smallest absolute Gasteiger partial charge is 0.180 e. The lowest BCUT2D eigenvalue weighted by molar-refractivity contribution is 1.41. The van der Waals surface area contributed by atoms with Gasteiger partial charge in [0.25, 0.3) is 0 Å². The molecule has 0 saturated heterocycles. The maximum Gasteiger partial charge on any atom is 0.180 e. The molecule has 2 aromatic heterocycles. The molecular weight excluding hydrogens is 336 g/mol. The number of benzene rings is 2. The highest BCUT2D eigenvalue weighted by Crippen LogP contribution is 2.23. The monoisotopic (exact) mass is 352 g/mol. The maximum atomic E-state index is 5.52. The number of nitrogen functional groups attached to an aromatic ring is 2. The van der Waals surface area contributed by atoms with Gasteiger partial charge >= 0.3 is 0 Å². The molecule has 0 aliphatic heterocycles. The van der Waals surface area contributed by atoms with Crippen molar-refractivity contribution in [3.63, 3.8) is 0 Å². The van der Waals surface area contributed by atoms with Crippen molar-refractivity contribution in [1.29, 1.82) is 0 Å². The lowest BCUT2D eigenvalue weighted by atomic mass is 10.2. The van der Waals surface area contributed by atoms with Crippen molar-refractivity contribution in [2.45, 2.75) is 0 Å². The third-order valence-electron chi connectivity index (χ3n) is 3.18. The van der Waals surface area contributed by atoms with Gasteiger partial charge in [-0.3, -0.25) is 0 Å². The molecule has 4 nitrogen and oxygen atoms in total. The first-order valence-corrected chi connectivity index (χ1v) is 9.01. The van der Waals surface area contributed by atoms with E-state index in [1.807, 2.05) is 71.4 Å². The number of hydrogen-bond donors (Lipinski definition) is 2. The summed E-state index contributed by atoms with van der Waals surface area (Å²) in [4.78, 5) is 8.35. The Bertz CT molecular complexity index is 810. The molecule has 0 amide bonds. The van der Waals surface area contributed by atoms with E-state index < -0.39 is 0 Å². The fourth-order valence-electron chi connectivity index (χ4n) is 2.06. The summed E-state index contributed by atoms with van der Waals surface area (Å²) in [5.74, 6) is 0. The van der Waals surface area contributed by atoms with E-state index in [9.17, 15) is 0 Å². The normalized spacial score (nSPS) is 10.0. The van der Waals surface area contributed by atoms with Crippen LogP contribution in [0.5, 0.6) is 0 Å². The summed E-state index contributed by atoms with van der Waals surface area (Å²) in [6.45, 7) is 0. The van der Waals surface area contributed by atoms with Crippen molar-refractivity contribution in [2.24, 2.45) is 0 Å². The molecule has 0 aliphatic carbocycles. The molecule has 4 rings (SSSR count). The summed E-state index contributed by atoms with van der Waals surface area (Å²) >= 11 is 2.93. The van der Waals surface area contributed by atoms with E-state index in [1.165, 1.54) is 22.7 Å². The molecule has 120 valence electrons. The van der Waals surface area contributed by atoms with Crippen molar-refractivity contribution in [3.05, 3.63) is 71.4 Å². The fraction of sp³-hybridized carbons (Fsp3) is 0. The Morgan fingerprint density at radius 2 is 0.958 bits per heavy atom. The van der Waals surface area contributed by atoms with Gasteiger partial charge in [0.05, 0.1) is 11.4 Å². The third kappa shape index (κ3) is 4.18. The largest absolute Gasteiger partial charge is 0.375 e.